The number of anilines is 2. The van der Waals surface area contributed by atoms with Crippen molar-refractivity contribution < 1.29 is 8.78 Å². The molecule has 4 rings (SSSR count). The fourth-order valence-electron chi connectivity index (χ4n) is 4.61. The number of piperidine rings is 1. The largest absolute Gasteiger partial charge is 0.375 e. The van der Waals surface area contributed by atoms with Crippen molar-refractivity contribution in [1.29, 1.82) is 0 Å². The highest BCUT2D eigenvalue weighted by atomic mass is 32.1. The molecule has 2 aromatic carbocycles. The van der Waals surface area contributed by atoms with Crippen molar-refractivity contribution in [2.75, 3.05) is 56.1 Å². The summed E-state index contributed by atoms with van der Waals surface area (Å²) < 4.78 is 28.9. The average Bonchev–Trinajstić information content (AvgIpc) is 2.80. The summed E-state index contributed by atoms with van der Waals surface area (Å²) in [5.41, 5.74) is 11.2. The van der Waals surface area contributed by atoms with Gasteiger partial charge in [-0.25, -0.2) is 8.78 Å². The van der Waals surface area contributed by atoms with Crippen LogP contribution >= 0.6 is 12.2 Å². The van der Waals surface area contributed by atoms with Crippen molar-refractivity contribution in [1.82, 2.24) is 10.3 Å². The van der Waals surface area contributed by atoms with Crippen molar-refractivity contribution in [3.63, 3.8) is 0 Å². The fraction of sp³-hybridized carbons (Fsp3) is 0.417. The molecule has 2 saturated heterocycles. The number of piperazine rings is 1. The lowest BCUT2D eigenvalue weighted by Gasteiger charge is -2.37. The van der Waals surface area contributed by atoms with Crippen molar-refractivity contribution >= 4 is 34.9 Å². The van der Waals surface area contributed by atoms with E-state index in [4.69, 9.17) is 18.0 Å². The fourth-order valence-corrected chi connectivity index (χ4v) is 4.67. The lowest BCUT2D eigenvalue weighted by atomic mass is 9.89. The molecule has 176 valence electrons. The van der Waals surface area contributed by atoms with Gasteiger partial charge in [0, 0.05) is 50.5 Å². The van der Waals surface area contributed by atoms with E-state index < -0.39 is 0 Å². The molecule has 0 amide bonds. The molecule has 33 heavy (non-hydrogen) atoms. The first-order valence-corrected chi connectivity index (χ1v) is 11.7. The number of hydrogen-bond acceptors (Lipinski definition) is 5. The van der Waals surface area contributed by atoms with Crippen LogP contribution in [0.4, 0.5) is 20.2 Å². The van der Waals surface area contributed by atoms with Gasteiger partial charge in [-0.1, -0.05) is 12.1 Å². The second kappa shape index (κ2) is 10.4. The SMILES string of the molecule is CN1CCN(c2cc(N3CCC(c4cccc(F)c4)CC3)c(F)cc2/C=N/NC(N)=S)CC1. The zero-order valence-electron chi connectivity index (χ0n) is 18.8. The number of nitrogens with one attached hydrogen (secondary N) is 1. The minimum absolute atomic E-state index is 0.0608. The molecule has 0 atom stereocenters. The zero-order chi connectivity index (χ0) is 23.4. The minimum atomic E-state index is -0.283. The van der Waals surface area contributed by atoms with Crippen LogP contribution in [-0.2, 0) is 0 Å². The van der Waals surface area contributed by atoms with Crippen LogP contribution in [0.3, 0.4) is 0 Å². The molecule has 0 bridgehead atoms. The van der Waals surface area contributed by atoms with Gasteiger partial charge in [0.1, 0.15) is 11.6 Å². The number of nitrogens with two attached hydrogens (primary N) is 1. The highest BCUT2D eigenvalue weighted by Gasteiger charge is 2.25. The maximum atomic E-state index is 15.3. The van der Waals surface area contributed by atoms with Gasteiger partial charge in [0.15, 0.2) is 5.11 Å². The number of rotatable bonds is 5. The Labute approximate surface area is 199 Å². The maximum absolute atomic E-state index is 15.3. The van der Waals surface area contributed by atoms with E-state index in [0.29, 0.717) is 11.3 Å². The van der Waals surface area contributed by atoms with Crippen LogP contribution in [0.2, 0.25) is 0 Å². The van der Waals surface area contributed by atoms with Crippen molar-refractivity contribution in [2.24, 2.45) is 10.8 Å². The van der Waals surface area contributed by atoms with Gasteiger partial charge >= 0.3 is 0 Å². The van der Waals surface area contributed by atoms with Crippen molar-refractivity contribution in [3.8, 4) is 0 Å². The molecule has 2 aliphatic heterocycles. The Morgan fingerprint density at radius 3 is 2.39 bits per heavy atom. The van der Waals surface area contributed by atoms with E-state index in [2.05, 4.69) is 32.3 Å². The third-order valence-corrected chi connectivity index (χ3v) is 6.57. The summed E-state index contributed by atoms with van der Waals surface area (Å²) in [7, 11) is 2.10. The lowest BCUT2D eigenvalue weighted by Crippen LogP contribution is -2.45. The van der Waals surface area contributed by atoms with Gasteiger partial charge in [0.2, 0.25) is 0 Å². The van der Waals surface area contributed by atoms with Crippen LogP contribution in [0.5, 0.6) is 0 Å². The highest BCUT2D eigenvalue weighted by molar-refractivity contribution is 7.80. The van der Waals surface area contributed by atoms with Crippen LogP contribution in [0, 0.1) is 11.6 Å². The summed E-state index contributed by atoms with van der Waals surface area (Å²) in [6.45, 7) is 5.02. The summed E-state index contributed by atoms with van der Waals surface area (Å²) in [6, 6.07) is 10.3. The summed E-state index contributed by atoms with van der Waals surface area (Å²) in [4.78, 5) is 6.64. The molecular formula is C24H30F2N6S. The lowest BCUT2D eigenvalue weighted by molar-refractivity contribution is 0.313. The first-order valence-electron chi connectivity index (χ1n) is 11.3. The number of thiocarbonyl (C=S) groups is 1. The quantitative estimate of drug-likeness (QED) is 0.396. The van der Waals surface area contributed by atoms with E-state index in [1.807, 2.05) is 12.1 Å². The Morgan fingerprint density at radius 1 is 1.03 bits per heavy atom. The topological polar surface area (TPSA) is 60.1 Å². The van der Waals surface area contributed by atoms with Gasteiger partial charge in [0.05, 0.1) is 11.9 Å². The molecular weight excluding hydrogens is 442 g/mol. The molecule has 3 N–H and O–H groups in total. The molecule has 0 unspecified atom stereocenters. The molecule has 2 heterocycles. The van der Waals surface area contributed by atoms with E-state index in [9.17, 15) is 4.39 Å². The van der Waals surface area contributed by atoms with E-state index in [1.165, 1.54) is 12.1 Å². The average molecular weight is 473 g/mol. The second-order valence-electron chi connectivity index (χ2n) is 8.70. The third kappa shape index (κ3) is 5.78. The molecule has 6 nitrogen and oxygen atoms in total. The predicted molar refractivity (Wildman–Crippen MR) is 134 cm³/mol. The summed E-state index contributed by atoms with van der Waals surface area (Å²) >= 11 is 4.80. The van der Waals surface area contributed by atoms with E-state index in [1.54, 1.807) is 18.3 Å². The Hall–Kier alpha value is -2.78. The Balaban J connectivity index is 1.56. The van der Waals surface area contributed by atoms with E-state index in [-0.39, 0.29) is 22.7 Å². The van der Waals surface area contributed by atoms with Crippen LogP contribution in [0.1, 0.15) is 29.9 Å². The molecule has 9 heteroatoms. The zero-order valence-corrected chi connectivity index (χ0v) is 19.6. The number of hydrazone groups is 1. The molecule has 2 aromatic rings. The minimum Gasteiger partial charge on any atom is -0.375 e. The monoisotopic (exact) mass is 472 g/mol. The third-order valence-electron chi connectivity index (χ3n) is 6.47. The molecule has 0 aromatic heterocycles. The molecule has 0 saturated carbocycles. The van der Waals surface area contributed by atoms with Gasteiger partial charge in [-0.05, 0) is 67.9 Å². The predicted octanol–water partition coefficient (Wildman–Crippen LogP) is 3.27. The second-order valence-corrected chi connectivity index (χ2v) is 9.14. The van der Waals surface area contributed by atoms with Gasteiger partial charge < -0.3 is 20.4 Å². The van der Waals surface area contributed by atoms with Crippen LogP contribution < -0.4 is 21.0 Å². The van der Waals surface area contributed by atoms with E-state index >= 15 is 4.39 Å². The van der Waals surface area contributed by atoms with Gasteiger partial charge in [-0.15, -0.1) is 0 Å². The highest BCUT2D eigenvalue weighted by Crippen LogP contribution is 2.35. The number of hydrogen-bond donors (Lipinski definition) is 2. The smallest absolute Gasteiger partial charge is 0.184 e. The number of likely N-dealkylation sites (N-methyl/N-ethyl adjacent to an activating group) is 1. The summed E-state index contributed by atoms with van der Waals surface area (Å²) in [6.07, 6.45) is 3.28. The standard InChI is InChI=1S/C24H30F2N6S/c1-30-9-11-32(12-10-30)22-15-23(21(26)14-19(22)16-28-29-24(27)33)31-7-5-17(6-8-31)18-3-2-4-20(25)13-18/h2-4,13-17H,5-12H2,1H3,(H3,27,29,33)/b28-16+. The Morgan fingerprint density at radius 2 is 1.73 bits per heavy atom. The number of benzene rings is 2. The van der Waals surface area contributed by atoms with Crippen LogP contribution in [0.25, 0.3) is 0 Å². The molecule has 2 fully saturated rings. The molecule has 0 aliphatic carbocycles. The normalized spacial score (nSPS) is 18.2. The molecule has 0 spiro atoms. The number of nitrogens with zero attached hydrogens (tertiary/aromatic N) is 4. The van der Waals surface area contributed by atoms with Gasteiger partial charge in [-0.2, -0.15) is 5.10 Å². The van der Waals surface area contributed by atoms with Crippen molar-refractivity contribution in [2.45, 2.75) is 18.8 Å². The maximum Gasteiger partial charge on any atom is 0.184 e. The summed E-state index contributed by atoms with van der Waals surface area (Å²) in [5, 5.41) is 4.12. The number of halogens is 2. The van der Waals surface area contributed by atoms with Crippen molar-refractivity contribution in [3.05, 3.63) is 59.2 Å². The molecule has 2 aliphatic rings. The Kier molecular flexibility index (Phi) is 7.39. The summed E-state index contributed by atoms with van der Waals surface area (Å²) in [5.74, 6) is -0.205. The molecule has 0 radical (unpaired) electrons. The van der Waals surface area contributed by atoms with Gasteiger partial charge in [-0.3, -0.25) is 5.43 Å². The Bertz CT molecular complexity index is 1010. The van der Waals surface area contributed by atoms with Crippen LogP contribution in [-0.4, -0.2) is 62.5 Å². The van der Waals surface area contributed by atoms with E-state index in [0.717, 1.165) is 63.4 Å². The first kappa shape index (κ1) is 23.4. The first-order chi connectivity index (χ1) is 15.9. The van der Waals surface area contributed by atoms with Crippen LogP contribution in [0.15, 0.2) is 41.5 Å². The van der Waals surface area contributed by atoms with Gasteiger partial charge in [0.25, 0.3) is 0 Å².